The fourth-order valence-electron chi connectivity index (χ4n) is 3.89. The zero-order valence-corrected chi connectivity index (χ0v) is 14.1. The molecule has 2 aromatic rings. The molecule has 4 nitrogen and oxygen atoms in total. The van der Waals surface area contributed by atoms with Gasteiger partial charge in [-0.25, -0.2) is 9.97 Å². The van der Waals surface area contributed by atoms with E-state index in [2.05, 4.69) is 39.3 Å². The molecule has 0 amide bonds. The largest absolute Gasteiger partial charge is 0.306 e. The summed E-state index contributed by atoms with van der Waals surface area (Å²) in [5, 5.41) is 0.538. The molecule has 0 saturated carbocycles. The van der Waals surface area contributed by atoms with Gasteiger partial charge in [-0.15, -0.1) is 11.8 Å². The molecule has 22 heavy (non-hydrogen) atoms. The van der Waals surface area contributed by atoms with Gasteiger partial charge in [-0.2, -0.15) is 0 Å². The van der Waals surface area contributed by atoms with Crippen LogP contribution in [0.4, 0.5) is 0 Å². The highest BCUT2D eigenvalue weighted by Crippen LogP contribution is 2.39. The lowest BCUT2D eigenvalue weighted by molar-refractivity contribution is 0.206. The lowest BCUT2D eigenvalue weighted by atomic mass is 9.95. The van der Waals surface area contributed by atoms with E-state index in [4.69, 9.17) is 4.98 Å². The maximum atomic E-state index is 4.95. The van der Waals surface area contributed by atoms with E-state index in [1.54, 1.807) is 0 Å². The minimum atomic E-state index is 0.538. The summed E-state index contributed by atoms with van der Waals surface area (Å²) in [6.07, 6.45) is 8.21. The summed E-state index contributed by atoms with van der Waals surface area (Å²) in [6.45, 7) is 2.45. The maximum Gasteiger partial charge on any atom is 0.160 e. The van der Waals surface area contributed by atoms with Gasteiger partial charge < -0.3 is 4.90 Å². The third-order valence-electron chi connectivity index (χ3n) is 4.91. The predicted octanol–water partition coefficient (Wildman–Crippen LogP) is 3.34. The van der Waals surface area contributed by atoms with Gasteiger partial charge in [0, 0.05) is 19.2 Å². The number of aromatic nitrogens is 3. The fourth-order valence-corrected chi connectivity index (χ4v) is 5.19. The van der Waals surface area contributed by atoms with Crippen molar-refractivity contribution in [1.29, 1.82) is 0 Å². The molecule has 0 aliphatic carbocycles. The monoisotopic (exact) mass is 316 g/mol. The molecule has 2 aliphatic heterocycles. The molecular formula is C17H24N4S. The van der Waals surface area contributed by atoms with Gasteiger partial charge in [-0.3, -0.25) is 4.57 Å². The Morgan fingerprint density at radius 2 is 2.27 bits per heavy atom. The number of pyridine rings is 1. The maximum absolute atomic E-state index is 4.95. The van der Waals surface area contributed by atoms with Gasteiger partial charge in [0.1, 0.15) is 11.3 Å². The van der Waals surface area contributed by atoms with Crippen molar-refractivity contribution in [3.8, 4) is 0 Å². The highest BCUT2D eigenvalue weighted by molar-refractivity contribution is 7.99. The Kier molecular flexibility index (Phi) is 4.09. The zero-order valence-electron chi connectivity index (χ0n) is 13.2. The van der Waals surface area contributed by atoms with Crippen LogP contribution in [0.2, 0.25) is 0 Å². The van der Waals surface area contributed by atoms with E-state index < -0.39 is 0 Å². The highest BCUT2D eigenvalue weighted by atomic mass is 32.2. The van der Waals surface area contributed by atoms with Crippen LogP contribution in [0.3, 0.4) is 0 Å². The van der Waals surface area contributed by atoms with Crippen molar-refractivity contribution in [3.05, 3.63) is 24.2 Å². The van der Waals surface area contributed by atoms with Crippen LogP contribution in [0, 0.1) is 5.92 Å². The summed E-state index contributed by atoms with van der Waals surface area (Å²) >= 11 is 2.06. The third kappa shape index (κ3) is 2.76. The first kappa shape index (κ1) is 14.5. The summed E-state index contributed by atoms with van der Waals surface area (Å²) in [5.41, 5.74) is 2.15. The average molecular weight is 316 g/mol. The molecule has 4 rings (SSSR count). The van der Waals surface area contributed by atoms with Crippen molar-refractivity contribution in [3.63, 3.8) is 0 Å². The average Bonchev–Trinajstić information content (AvgIpc) is 3.13. The SMILES string of the molecule is CN1CCCC(Cc2nc3cccnc3n2C2CCCS2)C1. The van der Waals surface area contributed by atoms with Gasteiger partial charge >= 0.3 is 0 Å². The van der Waals surface area contributed by atoms with Crippen LogP contribution in [0.25, 0.3) is 11.2 Å². The number of fused-ring (bicyclic) bond motifs is 1. The second kappa shape index (κ2) is 6.20. The van der Waals surface area contributed by atoms with Crippen molar-refractivity contribution in [2.75, 3.05) is 25.9 Å². The lowest BCUT2D eigenvalue weighted by Gasteiger charge is -2.29. The summed E-state index contributed by atoms with van der Waals surface area (Å²) in [5.74, 6) is 3.26. The molecule has 0 radical (unpaired) electrons. The van der Waals surface area contributed by atoms with E-state index in [1.165, 1.54) is 50.4 Å². The molecule has 5 heteroatoms. The number of nitrogens with zero attached hydrogens (tertiary/aromatic N) is 4. The molecule has 0 spiro atoms. The van der Waals surface area contributed by atoms with Crippen molar-refractivity contribution >= 4 is 22.9 Å². The first-order valence-corrected chi connectivity index (χ1v) is 9.48. The summed E-state index contributed by atoms with van der Waals surface area (Å²) in [4.78, 5) is 12.0. The number of rotatable bonds is 3. The van der Waals surface area contributed by atoms with Crippen LogP contribution >= 0.6 is 11.8 Å². The van der Waals surface area contributed by atoms with Crippen LogP contribution in [-0.4, -0.2) is 45.3 Å². The Morgan fingerprint density at radius 3 is 3.09 bits per heavy atom. The van der Waals surface area contributed by atoms with E-state index in [-0.39, 0.29) is 0 Å². The molecule has 0 bridgehead atoms. The second-order valence-corrected chi connectivity index (χ2v) is 7.97. The minimum Gasteiger partial charge on any atom is -0.306 e. The van der Waals surface area contributed by atoms with Gasteiger partial charge in [0.25, 0.3) is 0 Å². The smallest absolute Gasteiger partial charge is 0.160 e. The molecule has 2 aliphatic rings. The molecule has 2 atom stereocenters. The molecule has 0 N–H and O–H groups in total. The summed E-state index contributed by atoms with van der Waals surface area (Å²) in [6, 6.07) is 4.11. The van der Waals surface area contributed by atoms with Crippen molar-refractivity contribution in [1.82, 2.24) is 19.4 Å². The topological polar surface area (TPSA) is 34.0 Å². The van der Waals surface area contributed by atoms with Crippen LogP contribution in [-0.2, 0) is 6.42 Å². The number of piperidine rings is 1. The number of likely N-dealkylation sites (tertiary alicyclic amines) is 1. The Balaban J connectivity index is 1.68. The molecule has 2 fully saturated rings. The van der Waals surface area contributed by atoms with Crippen LogP contribution in [0.5, 0.6) is 0 Å². The Hall–Kier alpha value is -1.07. The van der Waals surface area contributed by atoms with Gasteiger partial charge in [0.05, 0.1) is 5.37 Å². The minimum absolute atomic E-state index is 0.538. The highest BCUT2D eigenvalue weighted by Gasteiger charge is 2.26. The summed E-state index contributed by atoms with van der Waals surface area (Å²) < 4.78 is 2.45. The van der Waals surface area contributed by atoms with Crippen molar-refractivity contribution < 1.29 is 0 Å². The predicted molar refractivity (Wildman–Crippen MR) is 92.2 cm³/mol. The zero-order chi connectivity index (χ0) is 14.9. The molecule has 118 valence electrons. The lowest BCUT2D eigenvalue weighted by Crippen LogP contribution is -2.33. The van der Waals surface area contributed by atoms with E-state index in [0.29, 0.717) is 5.37 Å². The molecular weight excluding hydrogens is 292 g/mol. The molecule has 0 aromatic carbocycles. The van der Waals surface area contributed by atoms with Gasteiger partial charge in [-0.05, 0) is 63.1 Å². The van der Waals surface area contributed by atoms with Crippen molar-refractivity contribution in [2.45, 2.75) is 37.5 Å². The third-order valence-corrected chi connectivity index (χ3v) is 6.26. The van der Waals surface area contributed by atoms with Crippen LogP contribution in [0.15, 0.2) is 18.3 Å². The quantitative estimate of drug-likeness (QED) is 0.870. The van der Waals surface area contributed by atoms with Gasteiger partial charge in [0.2, 0.25) is 0 Å². The summed E-state index contributed by atoms with van der Waals surface area (Å²) in [7, 11) is 2.24. The Labute approximate surface area is 136 Å². The second-order valence-electron chi connectivity index (χ2n) is 6.69. The van der Waals surface area contributed by atoms with E-state index in [9.17, 15) is 0 Å². The van der Waals surface area contributed by atoms with Gasteiger partial charge in [-0.1, -0.05) is 0 Å². The Bertz CT molecular complexity index is 647. The molecule has 2 saturated heterocycles. The van der Waals surface area contributed by atoms with E-state index >= 15 is 0 Å². The molecule has 4 heterocycles. The number of hydrogen-bond acceptors (Lipinski definition) is 4. The van der Waals surface area contributed by atoms with Gasteiger partial charge in [0.15, 0.2) is 5.65 Å². The van der Waals surface area contributed by atoms with E-state index in [0.717, 1.165) is 23.5 Å². The first-order chi connectivity index (χ1) is 10.8. The normalized spacial score (nSPS) is 26.8. The fraction of sp³-hybridized carbons (Fsp3) is 0.647. The number of imidazole rings is 1. The van der Waals surface area contributed by atoms with E-state index in [1.807, 2.05) is 12.3 Å². The first-order valence-electron chi connectivity index (χ1n) is 8.43. The standard InChI is InChI=1S/C17H24N4S/c1-20-9-3-5-13(12-20)11-15-19-14-6-2-8-18-17(14)21(15)16-7-4-10-22-16/h2,6,8,13,16H,3-5,7,9-12H2,1H3. The molecule has 2 aromatic heterocycles. The van der Waals surface area contributed by atoms with Crippen molar-refractivity contribution in [2.24, 2.45) is 5.92 Å². The van der Waals surface area contributed by atoms with Crippen LogP contribution in [0.1, 0.15) is 36.9 Å². The number of hydrogen-bond donors (Lipinski definition) is 0. The Morgan fingerprint density at radius 1 is 1.32 bits per heavy atom. The molecule has 2 unspecified atom stereocenters. The number of thioether (sulfide) groups is 1. The van der Waals surface area contributed by atoms with Crippen LogP contribution < -0.4 is 0 Å².